The smallest absolute Gasteiger partial charge is 0.246 e. The number of aryl methyl sites for hydroxylation is 1. The molecule has 0 radical (unpaired) electrons. The van der Waals surface area contributed by atoms with Gasteiger partial charge in [0.25, 0.3) is 0 Å². The fourth-order valence-corrected chi connectivity index (χ4v) is 3.35. The first-order valence-corrected chi connectivity index (χ1v) is 11.9. The molecular formula is C26H39N7O2. The molecule has 2 amide bonds. The predicted octanol–water partition coefficient (Wildman–Crippen LogP) is 2.47. The lowest BCUT2D eigenvalue weighted by Crippen LogP contribution is -2.45. The highest BCUT2D eigenvalue weighted by molar-refractivity contribution is 5.92. The Hall–Kier alpha value is -3.46. The van der Waals surface area contributed by atoms with E-state index in [1.807, 2.05) is 62.3 Å². The second kappa shape index (κ2) is 13.4. The van der Waals surface area contributed by atoms with E-state index in [1.165, 1.54) is 11.0 Å². The van der Waals surface area contributed by atoms with Gasteiger partial charge in [-0.1, -0.05) is 25.1 Å². The third kappa shape index (κ3) is 8.68. The van der Waals surface area contributed by atoms with Gasteiger partial charge in [-0.15, -0.1) is 0 Å². The molecule has 2 N–H and O–H groups in total. The number of nitrogens with zero attached hydrogens (tertiary/aromatic N) is 5. The van der Waals surface area contributed by atoms with Crippen molar-refractivity contribution in [1.29, 1.82) is 0 Å². The van der Waals surface area contributed by atoms with Crippen LogP contribution >= 0.6 is 0 Å². The van der Waals surface area contributed by atoms with Crippen LogP contribution in [-0.2, 0) is 22.4 Å². The quantitative estimate of drug-likeness (QED) is 0.450. The first kappa shape index (κ1) is 27.8. The molecule has 1 aromatic heterocycles. The van der Waals surface area contributed by atoms with Crippen molar-refractivity contribution >= 4 is 29.1 Å². The van der Waals surface area contributed by atoms with Crippen molar-refractivity contribution in [3.63, 3.8) is 0 Å². The van der Waals surface area contributed by atoms with Crippen molar-refractivity contribution in [2.45, 2.75) is 32.7 Å². The van der Waals surface area contributed by atoms with Crippen LogP contribution in [0.2, 0.25) is 0 Å². The fraction of sp³-hybridized carbons (Fsp3) is 0.462. The molecule has 9 heteroatoms. The van der Waals surface area contributed by atoms with E-state index in [9.17, 15) is 9.59 Å². The minimum absolute atomic E-state index is 0.182. The summed E-state index contributed by atoms with van der Waals surface area (Å²) in [5, 5.41) is 6.25. The van der Waals surface area contributed by atoms with E-state index in [0.29, 0.717) is 25.3 Å². The summed E-state index contributed by atoms with van der Waals surface area (Å²) in [5.41, 5.74) is 2.93. The summed E-state index contributed by atoms with van der Waals surface area (Å²) in [6.45, 7) is 4.93. The van der Waals surface area contributed by atoms with E-state index in [0.717, 1.165) is 29.2 Å². The zero-order valence-corrected chi connectivity index (χ0v) is 22.0. The van der Waals surface area contributed by atoms with E-state index < -0.39 is 6.04 Å². The van der Waals surface area contributed by atoms with Gasteiger partial charge in [0.15, 0.2) is 11.6 Å². The summed E-state index contributed by atoms with van der Waals surface area (Å²) >= 11 is 0. The van der Waals surface area contributed by atoms with E-state index >= 15 is 0 Å². The Balaban J connectivity index is 1.91. The molecule has 0 unspecified atom stereocenters. The predicted molar refractivity (Wildman–Crippen MR) is 142 cm³/mol. The second-order valence-corrected chi connectivity index (χ2v) is 8.93. The number of benzene rings is 1. The largest absolute Gasteiger partial charge is 0.361 e. The number of hydrogen-bond acceptors (Lipinski definition) is 7. The molecule has 2 rings (SSSR count). The zero-order valence-electron chi connectivity index (χ0n) is 22.0. The maximum Gasteiger partial charge on any atom is 0.246 e. The Kier molecular flexibility index (Phi) is 10.7. The van der Waals surface area contributed by atoms with Crippen molar-refractivity contribution in [2.24, 2.45) is 0 Å². The van der Waals surface area contributed by atoms with Gasteiger partial charge in [-0.25, -0.2) is 4.98 Å². The first-order chi connectivity index (χ1) is 16.6. The number of nitrogens with one attached hydrogen (secondary N) is 2. The van der Waals surface area contributed by atoms with Gasteiger partial charge in [0, 0.05) is 46.0 Å². The van der Waals surface area contributed by atoms with E-state index in [4.69, 9.17) is 0 Å². The maximum absolute atomic E-state index is 12.5. The number of aromatic nitrogens is 2. The Morgan fingerprint density at radius 2 is 1.89 bits per heavy atom. The summed E-state index contributed by atoms with van der Waals surface area (Å²) in [5.74, 6) is 1.15. The van der Waals surface area contributed by atoms with E-state index in [2.05, 4.69) is 27.5 Å². The van der Waals surface area contributed by atoms with Gasteiger partial charge < -0.3 is 25.3 Å². The van der Waals surface area contributed by atoms with E-state index in [-0.39, 0.29) is 11.8 Å². The topological polar surface area (TPSA) is 93.7 Å². The number of likely N-dealkylation sites (N-methyl/N-ethyl adjacent to an activating group) is 2. The number of hydrogen-bond donors (Lipinski definition) is 2. The van der Waals surface area contributed by atoms with Gasteiger partial charge in [-0.2, -0.15) is 0 Å². The molecule has 0 aliphatic rings. The minimum atomic E-state index is -0.560. The number of carbonyl (C=O) groups is 2. The highest BCUT2D eigenvalue weighted by atomic mass is 16.2. The minimum Gasteiger partial charge on any atom is -0.361 e. The van der Waals surface area contributed by atoms with Gasteiger partial charge in [0.1, 0.15) is 6.04 Å². The monoisotopic (exact) mass is 481 g/mol. The van der Waals surface area contributed by atoms with Gasteiger partial charge in [0.2, 0.25) is 11.8 Å². The van der Waals surface area contributed by atoms with Crippen LogP contribution < -0.4 is 15.5 Å². The van der Waals surface area contributed by atoms with Crippen molar-refractivity contribution < 1.29 is 9.59 Å². The summed E-state index contributed by atoms with van der Waals surface area (Å²) in [6, 6.07) is 7.43. The zero-order chi connectivity index (χ0) is 26.0. The lowest BCUT2D eigenvalue weighted by molar-refractivity contribution is -0.135. The number of anilines is 3. The second-order valence-electron chi connectivity index (χ2n) is 8.93. The molecule has 0 saturated heterocycles. The summed E-state index contributed by atoms with van der Waals surface area (Å²) in [4.78, 5) is 39.4. The molecule has 35 heavy (non-hydrogen) atoms. The summed E-state index contributed by atoms with van der Waals surface area (Å²) in [6.07, 6.45) is 6.52. The van der Waals surface area contributed by atoms with Crippen LogP contribution in [0.15, 0.2) is 42.6 Å². The molecule has 9 nitrogen and oxygen atoms in total. The molecule has 0 bridgehead atoms. The molecule has 1 atom stereocenters. The van der Waals surface area contributed by atoms with Crippen LogP contribution in [0.25, 0.3) is 0 Å². The molecule has 2 aromatic rings. The maximum atomic E-state index is 12.5. The molecule has 190 valence electrons. The van der Waals surface area contributed by atoms with E-state index in [1.54, 1.807) is 26.2 Å². The van der Waals surface area contributed by atoms with Crippen LogP contribution in [0.3, 0.4) is 0 Å². The summed E-state index contributed by atoms with van der Waals surface area (Å²) < 4.78 is 0. The van der Waals surface area contributed by atoms with Crippen molar-refractivity contribution in [3.8, 4) is 0 Å². The van der Waals surface area contributed by atoms with Crippen molar-refractivity contribution in [2.75, 3.05) is 58.5 Å². The van der Waals surface area contributed by atoms with Crippen LogP contribution in [-0.4, -0.2) is 86.0 Å². The standard InChI is InChI=1S/C26H39N7O2/c1-8-22-25(32(5)6)30-23(18-28-22)29-21-12-9-11-20(17-21)14-15-27-26(35)19(2)33(7)24(34)13-10-16-31(3)4/h9-13,17-19H,8,14-16H2,1-7H3,(H,27,35)(H,29,30)/b13-10+/t19-/m0/s1. The van der Waals surface area contributed by atoms with Crippen molar-refractivity contribution in [3.05, 3.63) is 53.9 Å². The molecule has 1 aromatic carbocycles. The van der Waals surface area contributed by atoms with Crippen molar-refractivity contribution in [1.82, 2.24) is 25.1 Å². The lowest BCUT2D eigenvalue weighted by atomic mass is 10.1. The third-order valence-corrected chi connectivity index (χ3v) is 5.54. The molecule has 0 spiro atoms. The highest BCUT2D eigenvalue weighted by Gasteiger charge is 2.20. The molecule has 0 aliphatic carbocycles. The lowest BCUT2D eigenvalue weighted by Gasteiger charge is -2.23. The number of carbonyl (C=O) groups excluding carboxylic acids is 2. The average molecular weight is 482 g/mol. The fourth-order valence-electron chi connectivity index (χ4n) is 3.35. The Morgan fingerprint density at radius 3 is 2.54 bits per heavy atom. The first-order valence-electron chi connectivity index (χ1n) is 11.9. The van der Waals surface area contributed by atoms with Gasteiger partial charge >= 0.3 is 0 Å². The SMILES string of the molecule is CCc1ncc(Nc2cccc(CCNC(=O)[C@H](C)N(C)C(=O)/C=C/CN(C)C)c2)nc1N(C)C. The van der Waals surface area contributed by atoms with Crippen LogP contribution in [0.1, 0.15) is 25.1 Å². The van der Waals surface area contributed by atoms with Crippen LogP contribution in [0.5, 0.6) is 0 Å². The van der Waals surface area contributed by atoms with Gasteiger partial charge in [-0.05, 0) is 51.6 Å². The highest BCUT2D eigenvalue weighted by Crippen LogP contribution is 2.20. The summed E-state index contributed by atoms with van der Waals surface area (Å²) in [7, 11) is 9.41. The number of amides is 2. The van der Waals surface area contributed by atoms with Gasteiger partial charge in [-0.3, -0.25) is 14.6 Å². The Morgan fingerprint density at radius 1 is 1.14 bits per heavy atom. The molecular weight excluding hydrogens is 442 g/mol. The number of rotatable bonds is 12. The molecule has 1 heterocycles. The molecule has 0 aliphatic heterocycles. The Labute approximate surface area is 209 Å². The average Bonchev–Trinajstić information content (AvgIpc) is 2.82. The normalized spacial score (nSPS) is 12.0. The van der Waals surface area contributed by atoms with Crippen LogP contribution in [0.4, 0.5) is 17.3 Å². The van der Waals surface area contributed by atoms with Gasteiger partial charge in [0.05, 0.1) is 11.9 Å². The Bertz CT molecular complexity index is 1020. The van der Waals surface area contributed by atoms with Crippen LogP contribution in [0, 0.1) is 0 Å². The third-order valence-electron chi connectivity index (χ3n) is 5.54. The molecule has 0 saturated carbocycles. The molecule has 0 fully saturated rings.